The first kappa shape index (κ1) is 13.3. The Morgan fingerprint density at radius 3 is 2.81 bits per heavy atom. The summed E-state index contributed by atoms with van der Waals surface area (Å²) in [5, 5.41) is 7.74. The highest BCUT2D eigenvalue weighted by atomic mass is 15.3. The monoisotopic (exact) mass is 284 g/mol. The van der Waals surface area contributed by atoms with E-state index in [0.29, 0.717) is 11.6 Å². The molecule has 0 aliphatic carbocycles. The van der Waals surface area contributed by atoms with Crippen LogP contribution in [-0.2, 0) is 6.54 Å². The lowest BCUT2D eigenvalue weighted by Crippen LogP contribution is -2.24. The molecule has 8 nitrogen and oxygen atoms in total. The van der Waals surface area contributed by atoms with Crippen LogP contribution in [0.2, 0.25) is 0 Å². The molecule has 0 fully saturated rings. The van der Waals surface area contributed by atoms with E-state index < -0.39 is 0 Å². The minimum atomic E-state index is 0.356. The Bertz CT molecular complexity index is 723. The molecule has 8 heteroatoms. The minimum Gasteiger partial charge on any atom is -0.352 e. The van der Waals surface area contributed by atoms with E-state index in [1.54, 1.807) is 18.6 Å². The minimum absolute atomic E-state index is 0.356. The van der Waals surface area contributed by atoms with Crippen LogP contribution in [0.1, 0.15) is 12.5 Å². The normalized spacial score (nSPS) is 10.8. The van der Waals surface area contributed by atoms with Crippen LogP contribution in [0.4, 0.5) is 11.8 Å². The lowest BCUT2D eigenvalue weighted by Gasteiger charge is -2.22. The van der Waals surface area contributed by atoms with E-state index in [0.717, 1.165) is 29.9 Å². The molecule has 108 valence electrons. The molecule has 3 heterocycles. The van der Waals surface area contributed by atoms with Gasteiger partial charge in [0, 0.05) is 25.5 Å². The number of nitrogens with two attached hydrogens (primary N) is 1. The SMILES string of the molecule is CCN(Cc1ccncc1)c1nc(NN)nc2[nH]ncc12. The van der Waals surface area contributed by atoms with Crippen molar-refractivity contribution in [1.29, 1.82) is 0 Å². The predicted molar refractivity (Wildman–Crippen MR) is 80.5 cm³/mol. The van der Waals surface area contributed by atoms with E-state index in [1.807, 2.05) is 12.1 Å². The number of nitrogens with zero attached hydrogens (tertiary/aromatic N) is 5. The lowest BCUT2D eigenvalue weighted by atomic mass is 10.2. The molecule has 0 aliphatic rings. The number of aromatic amines is 1. The molecule has 0 saturated carbocycles. The Labute approximate surface area is 121 Å². The second-order valence-corrected chi connectivity index (χ2v) is 4.52. The number of pyridine rings is 1. The van der Waals surface area contributed by atoms with Gasteiger partial charge >= 0.3 is 0 Å². The van der Waals surface area contributed by atoms with E-state index >= 15 is 0 Å². The first-order chi connectivity index (χ1) is 10.3. The number of anilines is 2. The average Bonchev–Trinajstić information content (AvgIpc) is 3.01. The fourth-order valence-corrected chi connectivity index (χ4v) is 2.17. The van der Waals surface area contributed by atoms with Gasteiger partial charge in [0.25, 0.3) is 0 Å². The van der Waals surface area contributed by atoms with E-state index in [9.17, 15) is 0 Å². The summed E-state index contributed by atoms with van der Waals surface area (Å²) in [4.78, 5) is 14.9. The molecule has 0 unspecified atom stereocenters. The van der Waals surface area contributed by atoms with Crippen LogP contribution < -0.4 is 16.2 Å². The van der Waals surface area contributed by atoms with Crippen LogP contribution in [0.15, 0.2) is 30.7 Å². The number of fused-ring (bicyclic) bond motifs is 1. The maximum Gasteiger partial charge on any atom is 0.241 e. The van der Waals surface area contributed by atoms with Crippen molar-refractivity contribution in [1.82, 2.24) is 25.1 Å². The molecule has 0 spiro atoms. The van der Waals surface area contributed by atoms with Gasteiger partial charge in [-0.3, -0.25) is 15.5 Å². The number of aromatic nitrogens is 5. The van der Waals surface area contributed by atoms with Gasteiger partial charge in [0.2, 0.25) is 5.95 Å². The Hall–Kier alpha value is -2.74. The molecule has 0 aliphatic heterocycles. The van der Waals surface area contributed by atoms with Gasteiger partial charge in [0.1, 0.15) is 5.82 Å². The average molecular weight is 284 g/mol. The number of hydrogen-bond acceptors (Lipinski definition) is 7. The zero-order chi connectivity index (χ0) is 14.7. The van der Waals surface area contributed by atoms with Gasteiger partial charge in [-0.15, -0.1) is 0 Å². The molecule has 0 atom stereocenters. The third-order valence-electron chi connectivity index (χ3n) is 3.22. The maximum atomic E-state index is 5.44. The first-order valence-electron chi connectivity index (χ1n) is 6.63. The van der Waals surface area contributed by atoms with Crippen molar-refractivity contribution in [2.24, 2.45) is 5.84 Å². The van der Waals surface area contributed by atoms with Gasteiger partial charge in [-0.05, 0) is 24.6 Å². The van der Waals surface area contributed by atoms with Gasteiger partial charge in [-0.1, -0.05) is 0 Å². The molecule has 3 rings (SSSR count). The molecule has 0 saturated heterocycles. The predicted octanol–water partition coefficient (Wildman–Crippen LogP) is 1.06. The molecule has 0 aromatic carbocycles. The summed E-state index contributed by atoms with van der Waals surface area (Å²) < 4.78 is 0. The molecule has 0 radical (unpaired) electrons. The van der Waals surface area contributed by atoms with Gasteiger partial charge < -0.3 is 4.90 Å². The quantitative estimate of drug-likeness (QED) is 0.475. The summed E-state index contributed by atoms with van der Waals surface area (Å²) in [6, 6.07) is 3.97. The zero-order valence-corrected chi connectivity index (χ0v) is 11.6. The summed E-state index contributed by atoms with van der Waals surface area (Å²) in [6.07, 6.45) is 5.28. The second kappa shape index (κ2) is 5.71. The Morgan fingerprint density at radius 2 is 2.10 bits per heavy atom. The van der Waals surface area contributed by atoms with E-state index in [4.69, 9.17) is 5.84 Å². The van der Waals surface area contributed by atoms with Gasteiger partial charge in [0.05, 0.1) is 11.6 Å². The van der Waals surface area contributed by atoms with Crippen LogP contribution in [0.25, 0.3) is 11.0 Å². The van der Waals surface area contributed by atoms with Crippen LogP contribution in [0.3, 0.4) is 0 Å². The molecule has 3 aromatic heterocycles. The smallest absolute Gasteiger partial charge is 0.241 e. The second-order valence-electron chi connectivity index (χ2n) is 4.52. The summed E-state index contributed by atoms with van der Waals surface area (Å²) in [7, 11) is 0. The largest absolute Gasteiger partial charge is 0.352 e. The molecule has 0 amide bonds. The van der Waals surface area contributed by atoms with Gasteiger partial charge in [0.15, 0.2) is 5.65 Å². The third kappa shape index (κ3) is 2.61. The van der Waals surface area contributed by atoms with Crippen LogP contribution in [0.5, 0.6) is 0 Å². The molecule has 21 heavy (non-hydrogen) atoms. The topological polar surface area (TPSA) is 109 Å². The van der Waals surface area contributed by atoms with Crippen molar-refractivity contribution in [2.45, 2.75) is 13.5 Å². The van der Waals surface area contributed by atoms with E-state index in [-0.39, 0.29) is 0 Å². The van der Waals surface area contributed by atoms with Gasteiger partial charge in [-0.2, -0.15) is 15.1 Å². The zero-order valence-electron chi connectivity index (χ0n) is 11.6. The number of H-pyrrole nitrogens is 1. The molecular formula is C13H16N8. The van der Waals surface area contributed by atoms with Crippen molar-refractivity contribution in [3.63, 3.8) is 0 Å². The number of nitrogens with one attached hydrogen (secondary N) is 2. The van der Waals surface area contributed by atoms with Crippen molar-refractivity contribution in [3.05, 3.63) is 36.3 Å². The number of nitrogen functional groups attached to an aromatic ring is 1. The molecule has 3 aromatic rings. The standard InChI is InChI=1S/C13H16N8/c1-2-21(8-9-3-5-15-6-4-9)12-10-7-16-20-11(10)17-13(18-12)19-14/h3-7H,2,8,14H2,1H3,(H2,16,17,18,19,20). The van der Waals surface area contributed by atoms with Crippen molar-refractivity contribution < 1.29 is 0 Å². The first-order valence-corrected chi connectivity index (χ1v) is 6.63. The summed E-state index contributed by atoms with van der Waals surface area (Å²) in [5.41, 5.74) is 4.30. The van der Waals surface area contributed by atoms with Crippen LogP contribution in [0, 0.1) is 0 Å². The summed E-state index contributed by atoms with van der Waals surface area (Å²) in [5.74, 6) is 6.59. The van der Waals surface area contributed by atoms with E-state index in [2.05, 4.69) is 42.4 Å². The molecular weight excluding hydrogens is 268 g/mol. The summed E-state index contributed by atoms with van der Waals surface area (Å²) >= 11 is 0. The highest BCUT2D eigenvalue weighted by molar-refractivity contribution is 5.87. The Morgan fingerprint density at radius 1 is 1.29 bits per heavy atom. The lowest BCUT2D eigenvalue weighted by molar-refractivity contribution is 0.815. The van der Waals surface area contributed by atoms with Crippen molar-refractivity contribution in [3.8, 4) is 0 Å². The van der Waals surface area contributed by atoms with Crippen LogP contribution in [-0.4, -0.2) is 31.7 Å². The Kier molecular flexibility index (Phi) is 3.61. The fraction of sp³-hybridized carbons (Fsp3) is 0.231. The summed E-state index contributed by atoms with van der Waals surface area (Å²) in [6.45, 7) is 3.59. The van der Waals surface area contributed by atoms with Crippen LogP contribution >= 0.6 is 0 Å². The maximum absolute atomic E-state index is 5.44. The highest BCUT2D eigenvalue weighted by Crippen LogP contribution is 2.24. The number of rotatable bonds is 5. The van der Waals surface area contributed by atoms with E-state index in [1.165, 1.54) is 0 Å². The number of hydrazine groups is 1. The third-order valence-corrected chi connectivity index (χ3v) is 3.22. The van der Waals surface area contributed by atoms with Crippen molar-refractivity contribution >= 4 is 22.8 Å². The Balaban J connectivity index is 2.01. The molecule has 4 N–H and O–H groups in total. The van der Waals surface area contributed by atoms with Gasteiger partial charge in [-0.25, -0.2) is 5.84 Å². The fourth-order valence-electron chi connectivity index (χ4n) is 2.17. The number of hydrogen-bond donors (Lipinski definition) is 3. The molecule has 0 bridgehead atoms. The highest BCUT2D eigenvalue weighted by Gasteiger charge is 2.15. The van der Waals surface area contributed by atoms with Crippen molar-refractivity contribution in [2.75, 3.05) is 16.9 Å².